The monoisotopic (exact) mass is 859 g/mol. The summed E-state index contributed by atoms with van der Waals surface area (Å²) in [6.45, 7) is 5.19. The molecule has 0 fully saturated rings. The SMILES string of the molecule is COc1cc2c(cc1Nc1ncnc3sc4c(c13)CC[C@](C)(C(=O)N(C)OC)C4)C=NC2.COc1cc2c(cc1Nc1ncnc3sc4c(c13)CC[C@](C)(C(=O)O)C4)C=NC2. The van der Waals surface area contributed by atoms with Gasteiger partial charge in [-0.2, -0.15) is 0 Å². The number of aryl methyl sites for hydroxylation is 2. The van der Waals surface area contributed by atoms with E-state index in [1.54, 1.807) is 56.6 Å². The van der Waals surface area contributed by atoms with E-state index in [2.05, 4.69) is 40.6 Å². The first-order valence-electron chi connectivity index (χ1n) is 19.9. The molecular weight excluding hydrogens is 815 g/mol. The number of hydrogen-bond donors (Lipinski definition) is 3. The molecule has 17 heteroatoms. The van der Waals surface area contributed by atoms with Crippen LogP contribution in [-0.2, 0) is 53.2 Å². The number of hydroxylamine groups is 2. The molecule has 2 aliphatic heterocycles. The van der Waals surface area contributed by atoms with E-state index in [-0.39, 0.29) is 5.91 Å². The van der Waals surface area contributed by atoms with Crippen LogP contribution in [0.15, 0.2) is 46.9 Å². The quantitative estimate of drug-likeness (QED) is 0.120. The van der Waals surface area contributed by atoms with Crippen LogP contribution in [0.4, 0.5) is 23.0 Å². The molecule has 15 nitrogen and oxygen atoms in total. The van der Waals surface area contributed by atoms with Gasteiger partial charge in [-0.15, -0.1) is 22.7 Å². The number of anilines is 4. The first-order chi connectivity index (χ1) is 29.4. The molecule has 1 amide bonds. The van der Waals surface area contributed by atoms with E-state index in [1.165, 1.54) is 22.6 Å². The Morgan fingerprint density at radius 1 is 0.721 bits per heavy atom. The van der Waals surface area contributed by atoms with Gasteiger partial charge < -0.3 is 25.2 Å². The lowest BCUT2D eigenvalue weighted by molar-refractivity contribution is -0.180. The number of carbonyl (C=O) groups excluding carboxylic acids is 1. The van der Waals surface area contributed by atoms with E-state index >= 15 is 0 Å². The third-order valence-electron chi connectivity index (χ3n) is 12.3. The number of nitrogens with zero attached hydrogens (tertiary/aromatic N) is 7. The third kappa shape index (κ3) is 7.23. The van der Waals surface area contributed by atoms with E-state index in [4.69, 9.17) is 14.3 Å². The van der Waals surface area contributed by atoms with Crippen molar-refractivity contribution < 1.29 is 29.0 Å². The number of aromatic nitrogens is 4. The highest BCUT2D eigenvalue weighted by atomic mass is 32.1. The zero-order chi connectivity index (χ0) is 42.6. The summed E-state index contributed by atoms with van der Waals surface area (Å²) in [7, 11) is 6.49. The van der Waals surface area contributed by atoms with Crippen molar-refractivity contribution in [3.8, 4) is 11.5 Å². The molecule has 10 rings (SSSR count). The summed E-state index contributed by atoms with van der Waals surface area (Å²) in [5.74, 6) is 2.23. The number of amides is 1. The van der Waals surface area contributed by atoms with Crippen molar-refractivity contribution in [2.24, 2.45) is 20.8 Å². The van der Waals surface area contributed by atoms with Gasteiger partial charge in [0.15, 0.2) is 0 Å². The summed E-state index contributed by atoms with van der Waals surface area (Å²) in [5.41, 5.74) is 7.28. The maximum atomic E-state index is 12.9. The highest BCUT2D eigenvalue weighted by molar-refractivity contribution is 7.19. The normalized spacial score (nSPS) is 19.4. The number of carboxylic acids is 1. The number of carboxylic acid groups (broad SMARTS) is 1. The number of rotatable bonds is 9. The summed E-state index contributed by atoms with van der Waals surface area (Å²) in [6.07, 6.45) is 10.9. The number of benzene rings is 2. The number of ether oxygens (including phenoxy) is 2. The molecule has 314 valence electrons. The Morgan fingerprint density at radius 2 is 1.20 bits per heavy atom. The lowest BCUT2D eigenvalue weighted by Gasteiger charge is -2.34. The van der Waals surface area contributed by atoms with Crippen molar-refractivity contribution >= 4 is 90.4 Å². The van der Waals surface area contributed by atoms with Crippen LogP contribution >= 0.6 is 22.7 Å². The van der Waals surface area contributed by atoms with Gasteiger partial charge in [0, 0.05) is 29.2 Å². The zero-order valence-electron chi connectivity index (χ0n) is 34.7. The van der Waals surface area contributed by atoms with Gasteiger partial charge in [0.2, 0.25) is 0 Å². The van der Waals surface area contributed by atoms with Crippen LogP contribution in [0.1, 0.15) is 69.8 Å². The van der Waals surface area contributed by atoms with Gasteiger partial charge in [0.25, 0.3) is 5.91 Å². The van der Waals surface area contributed by atoms with Gasteiger partial charge in [-0.3, -0.25) is 24.4 Å². The second-order valence-corrected chi connectivity index (χ2v) is 18.4. The topological polar surface area (TPSA) is 186 Å². The van der Waals surface area contributed by atoms with E-state index in [0.29, 0.717) is 38.8 Å². The zero-order valence-corrected chi connectivity index (χ0v) is 36.3. The van der Waals surface area contributed by atoms with Gasteiger partial charge in [-0.25, -0.2) is 25.0 Å². The molecule has 61 heavy (non-hydrogen) atoms. The van der Waals surface area contributed by atoms with Crippen molar-refractivity contribution in [1.82, 2.24) is 25.0 Å². The Bertz CT molecular complexity index is 2820. The summed E-state index contributed by atoms with van der Waals surface area (Å²) >= 11 is 3.21. The maximum Gasteiger partial charge on any atom is 0.309 e. The minimum absolute atomic E-state index is 0.00270. The van der Waals surface area contributed by atoms with E-state index < -0.39 is 16.8 Å². The Kier molecular flexibility index (Phi) is 10.4. The van der Waals surface area contributed by atoms with Crippen molar-refractivity contribution in [2.45, 2.75) is 65.5 Å². The Morgan fingerprint density at radius 3 is 1.66 bits per heavy atom. The first-order valence-corrected chi connectivity index (χ1v) is 21.6. The molecule has 2 atom stereocenters. The minimum atomic E-state index is -0.741. The fourth-order valence-corrected chi connectivity index (χ4v) is 11.4. The molecule has 4 aromatic heterocycles. The number of fused-ring (bicyclic) bond motifs is 8. The maximum absolute atomic E-state index is 12.9. The van der Waals surface area contributed by atoms with E-state index in [9.17, 15) is 14.7 Å². The van der Waals surface area contributed by atoms with Crippen LogP contribution in [0.5, 0.6) is 11.5 Å². The number of aliphatic carboxylic acids is 1. The number of nitrogens with one attached hydrogen (secondary N) is 2. The smallest absolute Gasteiger partial charge is 0.309 e. The lowest BCUT2D eigenvalue weighted by atomic mass is 9.74. The van der Waals surface area contributed by atoms with Crippen LogP contribution in [-0.4, -0.2) is 82.8 Å². The molecule has 6 aromatic rings. The number of hydrogen-bond acceptors (Lipinski definition) is 15. The molecule has 0 bridgehead atoms. The molecule has 4 aliphatic rings. The number of aliphatic imine (C=N–C) groups is 2. The molecule has 0 unspecified atom stereocenters. The minimum Gasteiger partial charge on any atom is -0.495 e. The average Bonchev–Trinajstić information content (AvgIpc) is 4.07. The van der Waals surface area contributed by atoms with Crippen LogP contribution < -0.4 is 20.1 Å². The number of carbonyl (C=O) groups is 2. The first kappa shape index (κ1) is 40.4. The molecule has 0 spiro atoms. The van der Waals surface area contributed by atoms with E-state index in [1.807, 2.05) is 50.5 Å². The van der Waals surface area contributed by atoms with Crippen LogP contribution in [0.3, 0.4) is 0 Å². The van der Waals surface area contributed by atoms with Crippen molar-refractivity contribution in [3.05, 3.63) is 80.1 Å². The predicted octanol–water partition coefficient (Wildman–Crippen LogP) is 7.85. The fourth-order valence-electron chi connectivity index (χ4n) is 8.66. The largest absolute Gasteiger partial charge is 0.495 e. The molecular formula is C44H45N9O6S2. The molecule has 2 aliphatic carbocycles. The number of methoxy groups -OCH3 is 2. The lowest BCUT2D eigenvalue weighted by Crippen LogP contribution is -2.42. The Balaban J connectivity index is 0.000000157. The molecule has 0 saturated heterocycles. The highest BCUT2D eigenvalue weighted by Gasteiger charge is 2.41. The predicted molar refractivity (Wildman–Crippen MR) is 238 cm³/mol. The molecule has 6 heterocycles. The molecule has 3 N–H and O–H groups in total. The van der Waals surface area contributed by atoms with Crippen molar-refractivity contribution in [2.75, 3.05) is 39.0 Å². The van der Waals surface area contributed by atoms with Crippen LogP contribution in [0.25, 0.3) is 20.4 Å². The summed E-state index contributed by atoms with van der Waals surface area (Å²) in [4.78, 5) is 60.5. The van der Waals surface area contributed by atoms with Gasteiger partial charge in [-0.1, -0.05) is 6.92 Å². The average molecular weight is 860 g/mol. The fraction of sp³-hybridized carbons (Fsp3) is 0.364. The Labute approximate surface area is 359 Å². The van der Waals surface area contributed by atoms with E-state index in [0.717, 1.165) is 100 Å². The number of thiophene rings is 2. The Hall–Kier alpha value is -6.04. The van der Waals surface area contributed by atoms with Gasteiger partial charge in [0.1, 0.15) is 45.5 Å². The van der Waals surface area contributed by atoms with Crippen molar-refractivity contribution in [3.63, 3.8) is 0 Å². The highest BCUT2D eigenvalue weighted by Crippen LogP contribution is 2.47. The summed E-state index contributed by atoms with van der Waals surface area (Å²) < 4.78 is 11.2. The third-order valence-corrected chi connectivity index (χ3v) is 14.6. The van der Waals surface area contributed by atoms with Crippen LogP contribution in [0, 0.1) is 10.8 Å². The van der Waals surface area contributed by atoms with Crippen LogP contribution in [0.2, 0.25) is 0 Å². The summed E-state index contributed by atoms with van der Waals surface area (Å²) in [6, 6.07) is 8.10. The second kappa shape index (κ2) is 15.8. The molecule has 0 saturated carbocycles. The standard InChI is InChI=1S/C23H25N5O3S.C21H20N4O3S/c1-23(22(29)28(2)31-4)6-5-15-18(9-23)32-21-19(15)20(25-12-26-21)27-16-7-13-10-24-11-14(13)8-17(16)30-3;1-21(20(26)27)4-3-13-16(7-21)29-19-17(13)18(23-10-24-19)25-14-5-11-8-22-9-12(11)6-15(14)28-2/h7-8,10,12H,5-6,9,11H2,1-4H3,(H,25,26,27);5-6,8,10H,3-4,7,9H2,1-2H3,(H,26,27)(H,23,24,25)/t23-;21-/m00/s1. The van der Waals surface area contributed by atoms with Gasteiger partial charge >= 0.3 is 5.97 Å². The summed E-state index contributed by atoms with van der Waals surface area (Å²) in [5, 5.41) is 19.9. The second-order valence-electron chi connectivity index (χ2n) is 16.3. The van der Waals surface area contributed by atoms with Gasteiger partial charge in [-0.05, 0) is 103 Å². The van der Waals surface area contributed by atoms with Gasteiger partial charge in [0.05, 0.1) is 67.4 Å². The molecule has 0 radical (unpaired) electrons. The molecule has 2 aromatic carbocycles. The van der Waals surface area contributed by atoms with Crippen molar-refractivity contribution in [1.29, 1.82) is 0 Å².